The second-order valence-electron chi connectivity index (χ2n) is 21.6. The van der Waals surface area contributed by atoms with E-state index < -0.39 is 24.4 Å². The van der Waals surface area contributed by atoms with E-state index >= 15 is 0 Å². The first-order valence-corrected chi connectivity index (χ1v) is 24.2. The highest BCUT2D eigenvalue weighted by molar-refractivity contribution is 5.40. The lowest BCUT2D eigenvalue weighted by atomic mass is 9.61. The van der Waals surface area contributed by atoms with Gasteiger partial charge in [0.15, 0.2) is 0 Å². The summed E-state index contributed by atoms with van der Waals surface area (Å²) in [5.41, 5.74) is 7.28. The second kappa shape index (κ2) is 17.8. The van der Waals surface area contributed by atoms with E-state index in [9.17, 15) is 20.4 Å². The Morgan fingerprint density at radius 1 is 0.576 bits per heavy atom. The molecule has 8 aliphatic carbocycles. The number of ether oxygens (including phenoxy) is 1. The summed E-state index contributed by atoms with van der Waals surface area (Å²) in [6, 6.07) is 0. The molecule has 5 nitrogen and oxygen atoms in total. The average Bonchev–Trinajstić information content (AvgIpc) is 4.14. The molecule has 0 unspecified atom stereocenters. The minimum atomic E-state index is -0.638. The van der Waals surface area contributed by atoms with Crippen molar-refractivity contribution in [2.75, 3.05) is 0 Å². The molecule has 8 aliphatic rings. The topological polar surface area (TPSA) is 90.2 Å². The summed E-state index contributed by atoms with van der Waals surface area (Å²) in [6.07, 6.45) is 36.7. The van der Waals surface area contributed by atoms with Gasteiger partial charge in [0.2, 0.25) is 0 Å². The van der Waals surface area contributed by atoms with E-state index in [4.69, 9.17) is 4.74 Å². The molecule has 8 rings (SSSR count). The van der Waals surface area contributed by atoms with Gasteiger partial charge in [-0.05, 0) is 183 Å². The van der Waals surface area contributed by atoms with Crippen LogP contribution in [0.2, 0.25) is 0 Å². The number of rotatable bonds is 12. The minimum Gasteiger partial charge on any atom is -0.393 e. The van der Waals surface area contributed by atoms with E-state index in [1.54, 1.807) is 11.1 Å². The van der Waals surface area contributed by atoms with E-state index in [2.05, 4.69) is 89.5 Å². The van der Waals surface area contributed by atoms with Gasteiger partial charge in [-0.15, -0.1) is 0 Å². The largest absolute Gasteiger partial charge is 0.393 e. The van der Waals surface area contributed by atoms with Gasteiger partial charge in [-0.2, -0.15) is 0 Å². The molecule has 0 radical (unpaired) electrons. The molecule has 0 amide bonds. The van der Waals surface area contributed by atoms with Crippen molar-refractivity contribution >= 4 is 0 Å². The Labute approximate surface area is 357 Å². The summed E-state index contributed by atoms with van der Waals surface area (Å²) in [6.45, 7) is 18.4. The summed E-state index contributed by atoms with van der Waals surface area (Å²) >= 11 is 0. The van der Waals surface area contributed by atoms with Crippen LogP contribution in [0.3, 0.4) is 0 Å². The van der Waals surface area contributed by atoms with Crippen molar-refractivity contribution in [1.29, 1.82) is 0 Å². The van der Waals surface area contributed by atoms with Gasteiger partial charge < -0.3 is 25.2 Å². The Bertz CT molecular complexity index is 1630. The standard InChI is InChI=1S/C54H78O5/c1-33(45-21-23-47-37(9-7-27-53(45,47)5)13-19-41-29-43(55)31-49(57)35(41)3)11-25-51(39-15-16-39)59-52(40-17-18-40)26-12-34(2)46-22-24-48-38(10-8-28-54(46,48)6)14-20-42-30-44(56)32-50(58)36(42)4/h11-14,19-20,25-26,33-34,39-40,43-52,55-58H,3-4,7-10,15-18,21-24,27-32H2,1-2,5-6H3/b25-11+,26-12+,37-13+,38-14?,41-19?,42-20-/t33-,34-,43-,44-,45-,46-,47+,48+,49+,50+,51-,52-,53-,54-/m1/s1. The van der Waals surface area contributed by atoms with Crippen LogP contribution in [-0.2, 0) is 4.74 Å². The summed E-state index contributed by atoms with van der Waals surface area (Å²) < 4.78 is 7.16. The summed E-state index contributed by atoms with van der Waals surface area (Å²) in [7, 11) is 0. The van der Waals surface area contributed by atoms with Crippen LogP contribution in [0.5, 0.6) is 0 Å². The van der Waals surface area contributed by atoms with Crippen LogP contribution < -0.4 is 0 Å². The molecular weight excluding hydrogens is 729 g/mol. The molecule has 324 valence electrons. The van der Waals surface area contributed by atoms with Crippen molar-refractivity contribution in [3.8, 4) is 0 Å². The highest BCUT2D eigenvalue weighted by Gasteiger charge is 2.52. The lowest BCUT2D eigenvalue weighted by Crippen LogP contribution is -2.35. The van der Waals surface area contributed by atoms with Crippen LogP contribution in [0.25, 0.3) is 0 Å². The molecule has 4 N–H and O–H groups in total. The Morgan fingerprint density at radius 2 is 0.983 bits per heavy atom. The fourth-order valence-electron chi connectivity index (χ4n) is 13.7. The van der Waals surface area contributed by atoms with Crippen LogP contribution in [0.15, 0.2) is 95.2 Å². The molecule has 14 atom stereocenters. The molecule has 0 aliphatic heterocycles. The Balaban J connectivity index is 0.904. The first kappa shape index (κ1) is 43.4. The SMILES string of the molecule is C=C1C(=C/C=C2\CCC[C@]3(C)[C@@H]([C@H](C)/C=C/[C@@H](O[C@H](/C=C/[C@@H](C)[C@H]4CC[C@H]5C(=C/C=C6/C[C@@H](O)C[C@H](O)C6=C)CCC[C@]45C)C4CC4)C4CC4)CC[C@@H]23)C[C@@H](O)C[C@@H]1O. The Morgan fingerprint density at radius 3 is 1.37 bits per heavy atom. The number of hydrogen-bond donors (Lipinski definition) is 4. The van der Waals surface area contributed by atoms with E-state index in [-0.39, 0.29) is 12.2 Å². The van der Waals surface area contributed by atoms with Gasteiger partial charge in [-0.1, -0.05) is 101 Å². The molecule has 0 bridgehead atoms. The third-order valence-electron chi connectivity index (χ3n) is 17.6. The second-order valence-corrected chi connectivity index (χ2v) is 21.6. The van der Waals surface area contributed by atoms with Gasteiger partial charge in [-0.25, -0.2) is 0 Å². The van der Waals surface area contributed by atoms with Crippen molar-refractivity contribution in [3.05, 3.63) is 95.2 Å². The number of fused-ring (bicyclic) bond motifs is 2. The van der Waals surface area contributed by atoms with Crippen LogP contribution in [0.1, 0.15) is 143 Å². The van der Waals surface area contributed by atoms with Crippen molar-refractivity contribution in [1.82, 2.24) is 0 Å². The average molecular weight is 807 g/mol. The van der Waals surface area contributed by atoms with E-state index in [0.29, 0.717) is 83.9 Å². The van der Waals surface area contributed by atoms with Crippen molar-refractivity contribution in [2.45, 2.75) is 180 Å². The van der Waals surface area contributed by atoms with E-state index in [1.807, 2.05) is 0 Å². The van der Waals surface area contributed by atoms with Gasteiger partial charge in [-0.3, -0.25) is 0 Å². The van der Waals surface area contributed by atoms with Crippen molar-refractivity contribution < 1.29 is 25.2 Å². The highest BCUT2D eigenvalue weighted by Crippen LogP contribution is 2.61. The third-order valence-corrected chi connectivity index (χ3v) is 17.6. The third kappa shape index (κ3) is 9.27. The van der Waals surface area contributed by atoms with Gasteiger partial charge in [0, 0.05) is 12.8 Å². The molecule has 0 heterocycles. The predicted molar refractivity (Wildman–Crippen MR) is 240 cm³/mol. The zero-order valence-electron chi connectivity index (χ0n) is 37.0. The number of allylic oxidation sites excluding steroid dienone is 8. The maximum atomic E-state index is 10.4. The van der Waals surface area contributed by atoms with E-state index in [0.717, 1.165) is 35.1 Å². The Hall–Kier alpha value is -2.28. The normalized spacial score (nSPS) is 42.9. The van der Waals surface area contributed by atoms with Crippen molar-refractivity contribution in [3.63, 3.8) is 0 Å². The van der Waals surface area contributed by atoms with Gasteiger partial charge in [0.1, 0.15) is 0 Å². The molecule has 0 spiro atoms. The first-order valence-electron chi connectivity index (χ1n) is 24.2. The lowest BCUT2D eigenvalue weighted by molar-refractivity contribution is 0.0164. The molecular formula is C54H78O5. The van der Waals surface area contributed by atoms with Crippen molar-refractivity contribution in [2.24, 2.45) is 58.2 Å². The molecule has 8 fully saturated rings. The maximum Gasteiger partial charge on any atom is 0.0811 e. The van der Waals surface area contributed by atoms with Gasteiger partial charge in [0.25, 0.3) is 0 Å². The predicted octanol–water partition coefficient (Wildman–Crippen LogP) is 11.2. The highest BCUT2D eigenvalue weighted by atomic mass is 16.5. The number of hydrogen-bond acceptors (Lipinski definition) is 5. The molecule has 0 saturated heterocycles. The van der Waals surface area contributed by atoms with Crippen LogP contribution >= 0.6 is 0 Å². The monoisotopic (exact) mass is 807 g/mol. The van der Waals surface area contributed by atoms with Crippen LogP contribution in [-0.4, -0.2) is 57.0 Å². The molecule has 8 saturated carbocycles. The minimum absolute atomic E-state index is 0.201. The van der Waals surface area contributed by atoms with Gasteiger partial charge >= 0.3 is 0 Å². The number of aliphatic hydroxyl groups is 4. The first-order chi connectivity index (χ1) is 28.2. The van der Waals surface area contributed by atoms with Crippen LogP contribution in [0.4, 0.5) is 0 Å². The van der Waals surface area contributed by atoms with Gasteiger partial charge in [0.05, 0.1) is 36.6 Å². The summed E-state index contributed by atoms with van der Waals surface area (Å²) in [5.74, 6) is 4.82. The smallest absolute Gasteiger partial charge is 0.0811 e. The molecule has 59 heavy (non-hydrogen) atoms. The molecule has 0 aromatic carbocycles. The maximum absolute atomic E-state index is 10.4. The van der Waals surface area contributed by atoms with Crippen LogP contribution in [0, 0.1) is 58.2 Å². The number of aliphatic hydroxyl groups excluding tert-OH is 4. The molecule has 0 aromatic heterocycles. The summed E-state index contributed by atoms with van der Waals surface area (Å²) in [5, 5.41) is 41.4. The fraction of sp³-hybridized carbons (Fsp3) is 0.704. The quantitative estimate of drug-likeness (QED) is 0.148. The summed E-state index contributed by atoms with van der Waals surface area (Å²) in [4.78, 5) is 0. The fourth-order valence-corrected chi connectivity index (χ4v) is 13.7. The molecule has 0 aromatic rings. The lowest BCUT2D eigenvalue weighted by Gasteiger charge is -2.44. The zero-order valence-corrected chi connectivity index (χ0v) is 37.0. The van der Waals surface area contributed by atoms with E-state index in [1.165, 1.54) is 77.0 Å². The molecule has 5 heteroatoms. The Kier molecular flexibility index (Phi) is 13.1. The zero-order chi connectivity index (χ0) is 41.6.